The van der Waals surface area contributed by atoms with Gasteiger partial charge in [0.15, 0.2) is 0 Å². The molecule has 2 amide bonds. The maximum atomic E-state index is 13.9. The fraction of sp³-hybridized carbons (Fsp3) is 0.567. The van der Waals surface area contributed by atoms with Crippen LogP contribution >= 0.6 is 0 Å². The van der Waals surface area contributed by atoms with E-state index in [1.54, 1.807) is 25.1 Å². The molecule has 0 saturated carbocycles. The number of para-hydroxylation sites is 1. The molecule has 0 radical (unpaired) electrons. The highest BCUT2D eigenvalue weighted by Crippen LogP contribution is 2.35. The first-order chi connectivity index (χ1) is 17.4. The molecule has 1 aromatic carbocycles. The summed E-state index contributed by atoms with van der Waals surface area (Å²) in [5, 5.41) is 16.7. The van der Waals surface area contributed by atoms with E-state index in [0.717, 1.165) is 16.5 Å². The Balaban J connectivity index is 2.43. The second-order valence-electron chi connectivity index (χ2n) is 12.3. The third kappa shape index (κ3) is 6.46. The third-order valence-corrected chi connectivity index (χ3v) is 7.50. The molecule has 0 bridgehead atoms. The van der Waals surface area contributed by atoms with Gasteiger partial charge in [0.05, 0.1) is 12.1 Å². The van der Waals surface area contributed by atoms with Gasteiger partial charge >= 0.3 is 5.97 Å². The first-order valence-corrected chi connectivity index (χ1v) is 13.2. The van der Waals surface area contributed by atoms with Crippen LogP contribution in [-0.4, -0.2) is 64.6 Å². The van der Waals surface area contributed by atoms with Gasteiger partial charge in [-0.25, -0.2) is 4.79 Å². The van der Waals surface area contributed by atoms with Crippen LogP contribution < -0.4 is 10.6 Å². The number of hydrogen-bond donors (Lipinski definition) is 3. The van der Waals surface area contributed by atoms with Crippen molar-refractivity contribution in [3.05, 3.63) is 47.7 Å². The predicted octanol–water partition coefficient (Wildman–Crippen LogP) is 4.09. The second kappa shape index (κ2) is 11.7. The summed E-state index contributed by atoms with van der Waals surface area (Å²) in [6.07, 6.45) is 3.67. The lowest BCUT2D eigenvalue weighted by Gasteiger charge is -2.39. The van der Waals surface area contributed by atoms with Gasteiger partial charge in [-0.2, -0.15) is 0 Å². The van der Waals surface area contributed by atoms with Gasteiger partial charge in [0.2, 0.25) is 11.8 Å². The topological polar surface area (TPSA) is 104 Å². The van der Waals surface area contributed by atoms with Gasteiger partial charge in [0.25, 0.3) is 0 Å². The number of nitrogens with zero attached hydrogens (tertiary/aromatic N) is 2. The zero-order valence-corrected chi connectivity index (χ0v) is 24.8. The normalized spacial score (nSPS) is 15.3. The average molecular weight is 527 g/mol. The molecule has 0 aliphatic carbocycles. The van der Waals surface area contributed by atoms with Crippen molar-refractivity contribution >= 4 is 28.7 Å². The van der Waals surface area contributed by atoms with Crippen molar-refractivity contribution in [2.45, 2.75) is 78.9 Å². The van der Waals surface area contributed by atoms with Gasteiger partial charge in [-0.1, -0.05) is 72.7 Å². The molecule has 38 heavy (non-hydrogen) atoms. The molecule has 8 heteroatoms. The summed E-state index contributed by atoms with van der Waals surface area (Å²) >= 11 is 0. The molecule has 3 atom stereocenters. The number of likely N-dealkylation sites (N-methyl/N-ethyl adjacent to an activating group) is 2. The Bertz CT molecular complexity index is 1200. The van der Waals surface area contributed by atoms with Crippen LogP contribution in [0.3, 0.4) is 0 Å². The quantitative estimate of drug-likeness (QED) is 0.405. The molecule has 2 aromatic rings. The van der Waals surface area contributed by atoms with Crippen LogP contribution in [0.5, 0.6) is 0 Å². The standard InChI is InChI=1S/C30H46N4O4/c1-18(2)23(16-19(3)28(37)38)34(11)27(36)25(29(4,5)6)32-26(35)24(31-9)30(7,8)21-17-33(10)22-15-13-12-14-20(21)22/h12-18,23-25,31H,1-11H3,(H,32,35)(H,37,38)/b19-16-. The monoisotopic (exact) mass is 526 g/mol. The minimum atomic E-state index is -1.02. The van der Waals surface area contributed by atoms with Gasteiger partial charge in [0, 0.05) is 42.2 Å². The van der Waals surface area contributed by atoms with E-state index in [1.165, 1.54) is 6.92 Å². The molecule has 0 saturated heterocycles. The van der Waals surface area contributed by atoms with Crippen LogP contribution in [-0.2, 0) is 26.8 Å². The number of carboxylic acids is 1. The number of carboxylic acid groups (broad SMARTS) is 1. The molecule has 210 valence electrons. The first kappa shape index (κ1) is 31.1. The van der Waals surface area contributed by atoms with Crippen LogP contribution in [0.15, 0.2) is 42.1 Å². The SMILES string of the molecule is CNC(C(=O)NC(C(=O)N(C)C(/C=C(/C)C(=O)O)C(C)C)C(C)(C)C)C(C)(C)c1cn(C)c2ccccc12. The summed E-state index contributed by atoms with van der Waals surface area (Å²) in [5.74, 6) is -1.59. The number of aryl methyl sites for hydroxylation is 1. The number of fused-ring (bicyclic) bond motifs is 1. The third-order valence-electron chi connectivity index (χ3n) is 7.50. The maximum Gasteiger partial charge on any atom is 0.331 e. The zero-order chi connectivity index (χ0) is 29.2. The van der Waals surface area contributed by atoms with Crippen molar-refractivity contribution in [1.82, 2.24) is 20.1 Å². The number of carbonyl (C=O) groups excluding carboxylic acids is 2. The first-order valence-electron chi connectivity index (χ1n) is 13.2. The Morgan fingerprint density at radius 1 is 1.05 bits per heavy atom. The lowest BCUT2D eigenvalue weighted by atomic mass is 9.76. The minimum absolute atomic E-state index is 0.0232. The summed E-state index contributed by atoms with van der Waals surface area (Å²) < 4.78 is 2.06. The summed E-state index contributed by atoms with van der Waals surface area (Å²) in [5.41, 5.74) is 1.11. The number of rotatable bonds is 10. The molecule has 1 aromatic heterocycles. The van der Waals surface area contributed by atoms with E-state index in [2.05, 4.69) is 33.5 Å². The fourth-order valence-electron chi connectivity index (χ4n) is 5.13. The molecule has 0 spiro atoms. The fourth-order valence-corrected chi connectivity index (χ4v) is 5.13. The number of hydrogen-bond acceptors (Lipinski definition) is 4. The Hall–Kier alpha value is -3.13. The number of amides is 2. The summed E-state index contributed by atoms with van der Waals surface area (Å²) in [6, 6.07) is 6.23. The lowest BCUT2D eigenvalue weighted by Crippen LogP contribution is -2.61. The predicted molar refractivity (Wildman–Crippen MR) is 153 cm³/mol. The largest absolute Gasteiger partial charge is 0.478 e. The van der Waals surface area contributed by atoms with E-state index in [0.29, 0.717) is 0 Å². The van der Waals surface area contributed by atoms with Gasteiger partial charge in [-0.05, 0) is 36.9 Å². The number of benzene rings is 1. The molecule has 3 unspecified atom stereocenters. The van der Waals surface area contributed by atoms with Crippen molar-refractivity contribution in [3.63, 3.8) is 0 Å². The molecule has 2 rings (SSSR count). The summed E-state index contributed by atoms with van der Waals surface area (Å²) in [7, 11) is 5.41. The lowest BCUT2D eigenvalue weighted by molar-refractivity contribution is -0.141. The van der Waals surface area contributed by atoms with Gasteiger partial charge < -0.3 is 25.2 Å². The average Bonchev–Trinajstić information content (AvgIpc) is 3.16. The highest BCUT2D eigenvalue weighted by atomic mass is 16.4. The van der Waals surface area contributed by atoms with Crippen molar-refractivity contribution < 1.29 is 19.5 Å². The Morgan fingerprint density at radius 2 is 1.63 bits per heavy atom. The smallest absolute Gasteiger partial charge is 0.331 e. The van der Waals surface area contributed by atoms with Crippen LogP contribution in [0.4, 0.5) is 0 Å². The highest BCUT2D eigenvalue weighted by Gasteiger charge is 2.42. The van der Waals surface area contributed by atoms with Gasteiger partial charge in [-0.3, -0.25) is 9.59 Å². The van der Waals surface area contributed by atoms with Gasteiger partial charge in [0.1, 0.15) is 6.04 Å². The molecular formula is C30H46N4O4. The Morgan fingerprint density at radius 3 is 2.13 bits per heavy atom. The Labute approximate surface area is 227 Å². The molecular weight excluding hydrogens is 480 g/mol. The maximum absolute atomic E-state index is 13.9. The molecule has 1 heterocycles. The van der Waals surface area contributed by atoms with E-state index < -0.39 is 34.9 Å². The Kier molecular flexibility index (Phi) is 9.59. The van der Waals surface area contributed by atoms with E-state index in [9.17, 15) is 19.5 Å². The van der Waals surface area contributed by atoms with Crippen LogP contribution in [0.2, 0.25) is 0 Å². The van der Waals surface area contributed by atoms with E-state index in [4.69, 9.17) is 0 Å². The van der Waals surface area contributed by atoms with Crippen molar-refractivity contribution in [2.75, 3.05) is 14.1 Å². The van der Waals surface area contributed by atoms with Crippen LogP contribution in [0.25, 0.3) is 10.9 Å². The molecule has 8 nitrogen and oxygen atoms in total. The van der Waals surface area contributed by atoms with Crippen molar-refractivity contribution in [3.8, 4) is 0 Å². The summed E-state index contributed by atoms with van der Waals surface area (Å²) in [6.45, 7) is 15.2. The number of aliphatic carboxylic acids is 1. The zero-order valence-electron chi connectivity index (χ0n) is 24.8. The minimum Gasteiger partial charge on any atom is -0.478 e. The second-order valence-corrected chi connectivity index (χ2v) is 12.3. The number of aromatic nitrogens is 1. The summed E-state index contributed by atoms with van der Waals surface area (Å²) in [4.78, 5) is 40.7. The van der Waals surface area contributed by atoms with Crippen LogP contribution in [0, 0.1) is 11.3 Å². The molecule has 0 fully saturated rings. The van der Waals surface area contributed by atoms with Crippen molar-refractivity contribution in [2.24, 2.45) is 18.4 Å². The number of carbonyl (C=O) groups is 3. The highest BCUT2D eigenvalue weighted by molar-refractivity contribution is 5.93. The van der Waals surface area contributed by atoms with E-state index in [1.807, 2.05) is 67.6 Å². The van der Waals surface area contributed by atoms with Crippen molar-refractivity contribution in [1.29, 1.82) is 0 Å². The van der Waals surface area contributed by atoms with Gasteiger partial charge in [-0.15, -0.1) is 0 Å². The molecule has 0 aliphatic heterocycles. The van der Waals surface area contributed by atoms with E-state index >= 15 is 0 Å². The molecule has 0 aliphatic rings. The molecule has 3 N–H and O–H groups in total. The van der Waals surface area contributed by atoms with E-state index in [-0.39, 0.29) is 23.3 Å². The number of nitrogens with one attached hydrogen (secondary N) is 2. The van der Waals surface area contributed by atoms with Crippen LogP contribution in [0.1, 0.15) is 61.0 Å².